The van der Waals surface area contributed by atoms with Crippen LogP contribution in [0, 0.1) is 5.82 Å². The van der Waals surface area contributed by atoms with Crippen LogP contribution in [0.25, 0.3) is 0 Å². The summed E-state index contributed by atoms with van der Waals surface area (Å²) in [6, 6.07) is 4.26. The molecule has 0 spiro atoms. The van der Waals surface area contributed by atoms with Crippen LogP contribution in [0.2, 0.25) is 0 Å². The van der Waals surface area contributed by atoms with Crippen LogP contribution in [0.4, 0.5) is 4.39 Å². The molecule has 20 heavy (non-hydrogen) atoms. The fraction of sp³-hybridized carbons (Fsp3) is 0.385. The average molecular weight is 347 g/mol. The standard InChI is InChI=1S/C13H16BrFN2O3/c1-2-5-16-12(18)7-17-13(19)8-20-11-4-3-9(14)6-10(11)15/h3-4,6H,2,5,7-8H2,1H3,(H,16,18)(H,17,19). The van der Waals surface area contributed by atoms with Crippen LogP contribution in [0.1, 0.15) is 13.3 Å². The van der Waals surface area contributed by atoms with Gasteiger partial charge in [0, 0.05) is 11.0 Å². The van der Waals surface area contributed by atoms with Crippen molar-refractivity contribution in [3.63, 3.8) is 0 Å². The molecule has 110 valence electrons. The van der Waals surface area contributed by atoms with Crippen LogP contribution in [-0.4, -0.2) is 31.5 Å². The van der Waals surface area contributed by atoms with Crippen molar-refractivity contribution in [1.82, 2.24) is 10.6 Å². The van der Waals surface area contributed by atoms with E-state index in [1.165, 1.54) is 12.1 Å². The zero-order valence-corrected chi connectivity index (χ0v) is 12.6. The lowest BCUT2D eigenvalue weighted by atomic mass is 10.3. The second kappa shape index (κ2) is 8.52. The van der Waals surface area contributed by atoms with Crippen molar-refractivity contribution in [2.24, 2.45) is 0 Å². The molecule has 2 amide bonds. The van der Waals surface area contributed by atoms with Crippen LogP contribution in [-0.2, 0) is 9.59 Å². The summed E-state index contributed by atoms with van der Waals surface area (Å²) < 4.78 is 19.0. The van der Waals surface area contributed by atoms with Gasteiger partial charge in [-0.15, -0.1) is 0 Å². The molecule has 0 aliphatic rings. The molecular weight excluding hydrogens is 331 g/mol. The highest BCUT2D eigenvalue weighted by atomic mass is 79.9. The highest BCUT2D eigenvalue weighted by Gasteiger charge is 2.08. The number of hydrogen-bond donors (Lipinski definition) is 2. The molecule has 0 aliphatic heterocycles. The average Bonchev–Trinajstić information content (AvgIpc) is 2.41. The van der Waals surface area contributed by atoms with Gasteiger partial charge in [0.05, 0.1) is 6.54 Å². The Morgan fingerprint density at radius 3 is 2.70 bits per heavy atom. The zero-order valence-electron chi connectivity index (χ0n) is 11.0. The summed E-state index contributed by atoms with van der Waals surface area (Å²) in [5.41, 5.74) is 0. The SMILES string of the molecule is CCCNC(=O)CNC(=O)COc1ccc(Br)cc1F. The molecule has 0 aromatic heterocycles. The Bertz CT molecular complexity index is 483. The lowest BCUT2D eigenvalue weighted by Gasteiger charge is -2.08. The van der Waals surface area contributed by atoms with Crippen LogP contribution in [0.3, 0.4) is 0 Å². The third-order valence-electron chi connectivity index (χ3n) is 2.27. The normalized spacial score (nSPS) is 9.95. The van der Waals surface area contributed by atoms with Crippen molar-refractivity contribution in [2.75, 3.05) is 19.7 Å². The predicted molar refractivity (Wildman–Crippen MR) is 75.9 cm³/mol. The predicted octanol–water partition coefficient (Wildman–Crippen LogP) is 1.61. The maximum Gasteiger partial charge on any atom is 0.258 e. The molecule has 7 heteroatoms. The first kappa shape index (κ1) is 16.4. The van der Waals surface area contributed by atoms with E-state index in [-0.39, 0.29) is 24.8 Å². The van der Waals surface area contributed by atoms with E-state index in [9.17, 15) is 14.0 Å². The van der Waals surface area contributed by atoms with E-state index in [0.29, 0.717) is 11.0 Å². The second-order valence-corrected chi connectivity index (χ2v) is 4.91. The molecule has 1 aromatic carbocycles. The van der Waals surface area contributed by atoms with Crippen LogP contribution < -0.4 is 15.4 Å². The number of carbonyl (C=O) groups excluding carboxylic acids is 2. The summed E-state index contributed by atoms with van der Waals surface area (Å²) in [7, 11) is 0. The number of nitrogens with one attached hydrogen (secondary N) is 2. The van der Waals surface area contributed by atoms with Gasteiger partial charge >= 0.3 is 0 Å². The third kappa shape index (κ3) is 6.01. The Balaban J connectivity index is 2.31. The second-order valence-electron chi connectivity index (χ2n) is 3.99. The molecule has 0 saturated carbocycles. The van der Waals surface area contributed by atoms with Gasteiger partial charge in [0.25, 0.3) is 5.91 Å². The fourth-order valence-electron chi connectivity index (χ4n) is 1.29. The Morgan fingerprint density at radius 1 is 1.30 bits per heavy atom. The van der Waals surface area contributed by atoms with Crippen molar-refractivity contribution >= 4 is 27.7 Å². The lowest BCUT2D eigenvalue weighted by molar-refractivity contribution is -0.127. The molecular formula is C13H16BrFN2O3. The molecule has 5 nitrogen and oxygen atoms in total. The van der Waals surface area contributed by atoms with Crippen LogP contribution in [0.15, 0.2) is 22.7 Å². The lowest BCUT2D eigenvalue weighted by Crippen LogP contribution is -2.39. The number of hydrogen-bond acceptors (Lipinski definition) is 3. The largest absolute Gasteiger partial charge is 0.481 e. The van der Waals surface area contributed by atoms with E-state index in [1.807, 2.05) is 6.92 Å². The fourth-order valence-corrected chi connectivity index (χ4v) is 1.63. The minimum absolute atomic E-state index is 0.0150. The molecule has 0 fully saturated rings. The van der Waals surface area contributed by atoms with Gasteiger partial charge in [-0.25, -0.2) is 4.39 Å². The van der Waals surface area contributed by atoms with Gasteiger partial charge in [0.15, 0.2) is 18.2 Å². The van der Waals surface area contributed by atoms with E-state index in [2.05, 4.69) is 26.6 Å². The van der Waals surface area contributed by atoms with Crippen molar-refractivity contribution < 1.29 is 18.7 Å². The summed E-state index contributed by atoms with van der Waals surface area (Å²) in [5.74, 6) is -1.33. The summed E-state index contributed by atoms with van der Waals surface area (Å²) in [6.07, 6.45) is 0.825. The maximum atomic E-state index is 13.4. The van der Waals surface area contributed by atoms with Crippen molar-refractivity contribution in [1.29, 1.82) is 0 Å². The summed E-state index contributed by atoms with van der Waals surface area (Å²) >= 11 is 3.12. The number of rotatable bonds is 7. The highest BCUT2D eigenvalue weighted by Crippen LogP contribution is 2.21. The van der Waals surface area contributed by atoms with Gasteiger partial charge in [-0.05, 0) is 24.6 Å². The van der Waals surface area contributed by atoms with Gasteiger partial charge in [0.1, 0.15) is 0 Å². The molecule has 0 aliphatic carbocycles. The van der Waals surface area contributed by atoms with Crippen molar-refractivity contribution in [3.05, 3.63) is 28.5 Å². The Labute approximate surface area is 125 Å². The minimum Gasteiger partial charge on any atom is -0.481 e. The van der Waals surface area contributed by atoms with E-state index < -0.39 is 11.7 Å². The smallest absolute Gasteiger partial charge is 0.258 e. The monoisotopic (exact) mass is 346 g/mol. The first-order valence-corrected chi connectivity index (χ1v) is 6.93. The van der Waals surface area contributed by atoms with Crippen LogP contribution in [0.5, 0.6) is 5.75 Å². The molecule has 2 N–H and O–H groups in total. The van der Waals surface area contributed by atoms with Gasteiger partial charge in [0.2, 0.25) is 5.91 Å². The van der Waals surface area contributed by atoms with Crippen molar-refractivity contribution in [3.8, 4) is 5.75 Å². The first-order chi connectivity index (χ1) is 9.52. The number of amides is 2. The number of halogens is 2. The van der Waals surface area contributed by atoms with Gasteiger partial charge in [-0.1, -0.05) is 22.9 Å². The molecule has 1 rings (SSSR count). The Morgan fingerprint density at radius 2 is 2.05 bits per heavy atom. The quantitative estimate of drug-likeness (QED) is 0.788. The molecule has 0 heterocycles. The first-order valence-electron chi connectivity index (χ1n) is 6.14. The zero-order chi connectivity index (χ0) is 15.0. The Kier molecular flexibility index (Phi) is 7.00. The molecule has 0 atom stereocenters. The minimum atomic E-state index is -0.562. The summed E-state index contributed by atoms with van der Waals surface area (Å²) in [4.78, 5) is 22.7. The maximum absolute atomic E-state index is 13.4. The number of benzene rings is 1. The summed E-state index contributed by atoms with van der Waals surface area (Å²) in [6.45, 7) is 2.03. The van der Waals surface area contributed by atoms with Crippen molar-refractivity contribution in [2.45, 2.75) is 13.3 Å². The van der Waals surface area contributed by atoms with E-state index in [1.54, 1.807) is 6.07 Å². The molecule has 1 aromatic rings. The van der Waals surface area contributed by atoms with Gasteiger partial charge in [-0.3, -0.25) is 9.59 Å². The summed E-state index contributed by atoms with van der Waals surface area (Å²) in [5, 5.41) is 5.00. The van der Waals surface area contributed by atoms with E-state index in [0.717, 1.165) is 6.42 Å². The van der Waals surface area contributed by atoms with Gasteiger partial charge in [-0.2, -0.15) is 0 Å². The number of carbonyl (C=O) groups is 2. The van der Waals surface area contributed by atoms with E-state index >= 15 is 0 Å². The van der Waals surface area contributed by atoms with Gasteiger partial charge < -0.3 is 15.4 Å². The third-order valence-corrected chi connectivity index (χ3v) is 2.76. The molecule has 0 saturated heterocycles. The molecule has 0 radical (unpaired) electrons. The number of ether oxygens (including phenoxy) is 1. The topological polar surface area (TPSA) is 67.4 Å². The van der Waals surface area contributed by atoms with E-state index in [4.69, 9.17) is 4.74 Å². The highest BCUT2D eigenvalue weighted by molar-refractivity contribution is 9.10. The molecule has 0 bridgehead atoms. The Hall–Kier alpha value is -1.63. The van der Waals surface area contributed by atoms with Crippen LogP contribution >= 0.6 is 15.9 Å². The molecule has 0 unspecified atom stereocenters.